The first-order valence-corrected chi connectivity index (χ1v) is 7.82. The van der Waals surface area contributed by atoms with Gasteiger partial charge in [-0.15, -0.1) is 0 Å². The van der Waals surface area contributed by atoms with E-state index >= 15 is 0 Å². The van der Waals surface area contributed by atoms with Crippen LogP contribution in [0.15, 0.2) is 54.6 Å². The highest BCUT2D eigenvalue weighted by Gasteiger charge is 2.15. The maximum atomic E-state index is 3.45. The molecule has 1 heteroatoms. The normalized spacial score (nSPS) is 13.1. The van der Waals surface area contributed by atoms with E-state index in [0.29, 0.717) is 6.04 Å². The van der Waals surface area contributed by atoms with Crippen LogP contribution in [0.4, 0.5) is 0 Å². The second-order valence-electron chi connectivity index (χ2n) is 6.74. The molecule has 1 N–H and O–H groups in total. The van der Waals surface area contributed by atoms with E-state index in [9.17, 15) is 0 Å². The van der Waals surface area contributed by atoms with Crippen molar-refractivity contribution in [1.29, 1.82) is 0 Å². The molecule has 0 heterocycles. The molecule has 0 saturated carbocycles. The van der Waals surface area contributed by atoms with E-state index in [1.54, 1.807) is 0 Å². The molecule has 1 nitrogen and oxygen atoms in total. The van der Waals surface area contributed by atoms with Gasteiger partial charge in [-0.3, -0.25) is 0 Å². The number of nitrogens with one attached hydrogen (secondary N) is 1. The summed E-state index contributed by atoms with van der Waals surface area (Å²) in [5, 5.41) is 3.45. The highest BCUT2D eigenvalue weighted by Crippen LogP contribution is 2.25. The first-order chi connectivity index (χ1) is 10.0. The van der Waals surface area contributed by atoms with Gasteiger partial charge in [-0.25, -0.2) is 0 Å². The van der Waals surface area contributed by atoms with Crippen LogP contribution in [0.3, 0.4) is 0 Å². The van der Waals surface area contributed by atoms with Gasteiger partial charge in [0.15, 0.2) is 0 Å². The molecule has 112 valence electrons. The van der Waals surface area contributed by atoms with E-state index in [0.717, 1.165) is 12.8 Å². The zero-order valence-electron chi connectivity index (χ0n) is 13.7. The second kappa shape index (κ2) is 6.91. The molecular formula is C20H27N. The summed E-state index contributed by atoms with van der Waals surface area (Å²) in [5.41, 5.74) is 4.40. The minimum absolute atomic E-state index is 0.220. The van der Waals surface area contributed by atoms with Crippen LogP contribution in [0.5, 0.6) is 0 Å². The summed E-state index contributed by atoms with van der Waals surface area (Å²) in [4.78, 5) is 0. The van der Waals surface area contributed by atoms with Gasteiger partial charge in [0.25, 0.3) is 0 Å². The van der Waals surface area contributed by atoms with Crippen LogP contribution in [0.2, 0.25) is 0 Å². The molecule has 21 heavy (non-hydrogen) atoms. The molecule has 1 atom stereocenters. The Morgan fingerprint density at radius 1 is 0.905 bits per heavy atom. The van der Waals surface area contributed by atoms with E-state index in [2.05, 4.69) is 80.7 Å². The van der Waals surface area contributed by atoms with Crippen LogP contribution < -0.4 is 5.32 Å². The van der Waals surface area contributed by atoms with Crippen LogP contribution in [-0.2, 0) is 11.8 Å². The lowest BCUT2D eigenvalue weighted by Gasteiger charge is -2.21. The zero-order chi connectivity index (χ0) is 15.3. The van der Waals surface area contributed by atoms with Crippen molar-refractivity contribution in [1.82, 2.24) is 5.32 Å². The van der Waals surface area contributed by atoms with Gasteiger partial charge in [0.05, 0.1) is 0 Å². The molecule has 0 bridgehead atoms. The second-order valence-corrected chi connectivity index (χ2v) is 6.74. The molecule has 2 aromatic carbocycles. The molecular weight excluding hydrogens is 254 g/mol. The molecule has 0 fully saturated rings. The lowest BCUT2D eigenvalue weighted by molar-refractivity contribution is 0.547. The topological polar surface area (TPSA) is 12.0 Å². The van der Waals surface area contributed by atoms with Crippen LogP contribution in [0, 0.1) is 0 Å². The Morgan fingerprint density at radius 3 is 2.05 bits per heavy atom. The van der Waals surface area contributed by atoms with Gasteiger partial charge in [-0.05, 0) is 42.0 Å². The van der Waals surface area contributed by atoms with Crippen molar-refractivity contribution in [2.45, 2.75) is 45.1 Å². The highest BCUT2D eigenvalue weighted by atomic mass is 14.9. The third kappa shape index (κ3) is 4.44. The van der Waals surface area contributed by atoms with Gasteiger partial charge in [-0.2, -0.15) is 0 Å². The maximum absolute atomic E-state index is 3.45. The highest BCUT2D eigenvalue weighted by molar-refractivity contribution is 5.29. The van der Waals surface area contributed by atoms with E-state index in [4.69, 9.17) is 0 Å². The van der Waals surface area contributed by atoms with Crippen molar-refractivity contribution in [3.05, 3.63) is 71.3 Å². The number of rotatable bonds is 5. The summed E-state index contributed by atoms with van der Waals surface area (Å²) in [6.45, 7) is 6.77. The fourth-order valence-electron chi connectivity index (χ4n) is 2.65. The molecule has 0 aliphatic rings. The molecule has 0 saturated heterocycles. The van der Waals surface area contributed by atoms with Gasteiger partial charge in [0.2, 0.25) is 0 Å². The summed E-state index contributed by atoms with van der Waals surface area (Å²) in [6.07, 6.45) is 2.22. The van der Waals surface area contributed by atoms with Crippen LogP contribution in [0.1, 0.15) is 49.9 Å². The summed E-state index contributed by atoms with van der Waals surface area (Å²) in [7, 11) is 2.05. The SMILES string of the molecule is CNC(CCc1ccccc1)c1ccc(C(C)(C)C)cc1. The standard InChI is InChI=1S/C20H27N/c1-20(2,3)18-13-11-17(12-14-18)19(21-4)15-10-16-8-6-5-7-9-16/h5-9,11-14,19,21H,10,15H2,1-4H3. The Bertz CT molecular complexity index is 534. The minimum Gasteiger partial charge on any atom is -0.313 e. The van der Waals surface area contributed by atoms with Gasteiger partial charge < -0.3 is 5.32 Å². The van der Waals surface area contributed by atoms with Crippen molar-refractivity contribution in [3.63, 3.8) is 0 Å². The number of hydrogen-bond donors (Lipinski definition) is 1. The fraction of sp³-hybridized carbons (Fsp3) is 0.400. The summed E-state index contributed by atoms with van der Waals surface area (Å²) in [6, 6.07) is 20.2. The monoisotopic (exact) mass is 281 g/mol. The molecule has 0 aromatic heterocycles. The van der Waals surface area contributed by atoms with E-state index in [-0.39, 0.29) is 5.41 Å². The van der Waals surface area contributed by atoms with Crippen LogP contribution >= 0.6 is 0 Å². The molecule has 1 unspecified atom stereocenters. The number of benzene rings is 2. The molecule has 0 radical (unpaired) electrons. The van der Waals surface area contributed by atoms with Gasteiger partial charge in [0.1, 0.15) is 0 Å². The first kappa shape index (κ1) is 15.8. The largest absolute Gasteiger partial charge is 0.313 e. The van der Waals surface area contributed by atoms with Crippen LogP contribution in [-0.4, -0.2) is 7.05 Å². The van der Waals surface area contributed by atoms with Crippen molar-refractivity contribution in [2.24, 2.45) is 0 Å². The Hall–Kier alpha value is -1.60. The molecule has 0 amide bonds. The third-order valence-electron chi connectivity index (χ3n) is 4.09. The predicted octanol–water partition coefficient (Wildman–Crippen LogP) is 4.88. The minimum atomic E-state index is 0.220. The smallest absolute Gasteiger partial charge is 0.0320 e. The predicted molar refractivity (Wildman–Crippen MR) is 91.7 cm³/mol. The molecule has 0 aliphatic carbocycles. The van der Waals surface area contributed by atoms with Crippen molar-refractivity contribution in [3.8, 4) is 0 Å². The first-order valence-electron chi connectivity index (χ1n) is 7.82. The molecule has 2 rings (SSSR count). The Kier molecular flexibility index (Phi) is 5.19. The summed E-state index contributed by atoms with van der Waals surface area (Å²) in [5.74, 6) is 0. The quantitative estimate of drug-likeness (QED) is 0.824. The average molecular weight is 281 g/mol. The van der Waals surface area contributed by atoms with Gasteiger partial charge >= 0.3 is 0 Å². The summed E-state index contributed by atoms with van der Waals surface area (Å²) >= 11 is 0. The Morgan fingerprint density at radius 2 is 1.52 bits per heavy atom. The zero-order valence-corrected chi connectivity index (χ0v) is 13.7. The van der Waals surface area contributed by atoms with Crippen LogP contribution in [0.25, 0.3) is 0 Å². The van der Waals surface area contributed by atoms with E-state index < -0.39 is 0 Å². The van der Waals surface area contributed by atoms with Crippen molar-refractivity contribution < 1.29 is 0 Å². The molecule has 2 aromatic rings. The maximum Gasteiger partial charge on any atom is 0.0320 e. The van der Waals surface area contributed by atoms with Gasteiger partial charge in [0, 0.05) is 6.04 Å². The van der Waals surface area contributed by atoms with Crippen molar-refractivity contribution in [2.75, 3.05) is 7.05 Å². The van der Waals surface area contributed by atoms with E-state index in [1.807, 2.05) is 7.05 Å². The molecule has 0 spiro atoms. The summed E-state index contributed by atoms with van der Waals surface area (Å²) < 4.78 is 0. The average Bonchev–Trinajstić information content (AvgIpc) is 2.48. The van der Waals surface area contributed by atoms with E-state index in [1.165, 1.54) is 16.7 Å². The third-order valence-corrected chi connectivity index (χ3v) is 4.09. The van der Waals surface area contributed by atoms with Crippen molar-refractivity contribution >= 4 is 0 Å². The lowest BCUT2D eigenvalue weighted by atomic mass is 9.86. The van der Waals surface area contributed by atoms with Gasteiger partial charge in [-0.1, -0.05) is 75.4 Å². The molecule has 0 aliphatic heterocycles. The number of aryl methyl sites for hydroxylation is 1. The Labute approximate surface area is 129 Å². The number of hydrogen-bond acceptors (Lipinski definition) is 1. The fourth-order valence-corrected chi connectivity index (χ4v) is 2.65. The Balaban J connectivity index is 2.04. The lowest BCUT2D eigenvalue weighted by Crippen LogP contribution is -2.18.